The number of carbonyl (C=O) groups excluding carboxylic acids is 2. The summed E-state index contributed by atoms with van der Waals surface area (Å²) in [7, 11) is 4.29. The number of nitrogens with one attached hydrogen (secondary N) is 2. The number of rotatable bonds is 14. The van der Waals surface area contributed by atoms with E-state index in [1.807, 2.05) is 20.8 Å². The molecular weight excluding hydrogens is 673 g/mol. The topological polar surface area (TPSA) is 161 Å². The first kappa shape index (κ1) is 38.3. The van der Waals surface area contributed by atoms with Gasteiger partial charge in [-0.1, -0.05) is 18.3 Å². The molecule has 0 aliphatic carbocycles. The average molecular weight is 718 g/mol. The molecule has 1 atom stereocenters. The third-order valence-electron chi connectivity index (χ3n) is 8.12. The molecule has 1 aromatic heterocycles. The number of amides is 3. The zero-order valence-corrected chi connectivity index (χ0v) is 29.8. The number of likely N-dealkylation sites (tertiary alicyclic amines) is 1. The molecule has 4 rings (SSSR count). The number of carboxylic acid groups (broad SMARTS) is 1. The molecular formula is C34H44FN5O9S. The number of thiocarbonyl (C=S) groups is 1. The average Bonchev–Trinajstić information content (AvgIpc) is 3.03. The molecule has 1 saturated heterocycles. The number of carbonyl (C=O) groups is 3. The van der Waals surface area contributed by atoms with Gasteiger partial charge in [-0.15, -0.1) is 0 Å². The van der Waals surface area contributed by atoms with E-state index < -0.39 is 35.6 Å². The molecule has 0 bridgehead atoms. The van der Waals surface area contributed by atoms with Gasteiger partial charge in [0.25, 0.3) is 5.91 Å². The van der Waals surface area contributed by atoms with Crippen molar-refractivity contribution in [2.24, 2.45) is 11.8 Å². The zero-order chi connectivity index (χ0) is 36.6. The molecule has 2 aliphatic heterocycles. The number of hydrogen-bond acceptors (Lipinski definition) is 11. The Bertz CT molecular complexity index is 1590. The monoisotopic (exact) mass is 717 g/mol. The fourth-order valence-electron chi connectivity index (χ4n) is 5.60. The van der Waals surface area contributed by atoms with Gasteiger partial charge in [-0.3, -0.25) is 9.78 Å². The van der Waals surface area contributed by atoms with Gasteiger partial charge in [-0.2, -0.15) is 0 Å². The molecule has 0 radical (unpaired) electrons. The highest BCUT2D eigenvalue weighted by atomic mass is 32.1. The summed E-state index contributed by atoms with van der Waals surface area (Å²) in [5.41, 5.74) is 0.581. The number of pyridine rings is 1. The van der Waals surface area contributed by atoms with Crippen LogP contribution in [-0.4, -0.2) is 102 Å². The summed E-state index contributed by atoms with van der Waals surface area (Å²) < 4.78 is 42.0. The summed E-state index contributed by atoms with van der Waals surface area (Å²) in [6.07, 6.45) is 1.53. The van der Waals surface area contributed by atoms with Crippen molar-refractivity contribution in [2.75, 3.05) is 52.9 Å². The van der Waals surface area contributed by atoms with Gasteiger partial charge in [0, 0.05) is 69.7 Å². The zero-order valence-electron chi connectivity index (χ0n) is 29.0. The van der Waals surface area contributed by atoms with E-state index >= 15 is 0 Å². The van der Waals surface area contributed by atoms with Crippen LogP contribution in [0.1, 0.15) is 39.2 Å². The smallest absolute Gasteiger partial charge is 0.414 e. The minimum Gasteiger partial charge on any atom is -0.492 e. The SMILES string of the molecule is COc1c(F)cccc1NC(=S)C1=C(NCc2ccncc2OCC2CN(C(=O)OC(C)(C)C)C2)C(CCC(OC)OC)CN(C(=O)O)C1=O. The van der Waals surface area contributed by atoms with Crippen molar-refractivity contribution >= 4 is 41.0 Å². The first-order valence-corrected chi connectivity index (χ1v) is 16.4. The second-order valence-corrected chi connectivity index (χ2v) is 13.2. The molecule has 50 heavy (non-hydrogen) atoms. The molecule has 14 nitrogen and oxygen atoms in total. The van der Waals surface area contributed by atoms with Crippen molar-refractivity contribution in [2.45, 2.75) is 52.0 Å². The predicted molar refractivity (Wildman–Crippen MR) is 184 cm³/mol. The lowest BCUT2D eigenvalue weighted by molar-refractivity contribution is -0.126. The summed E-state index contributed by atoms with van der Waals surface area (Å²) in [4.78, 5) is 44.8. The Labute approximate surface area is 295 Å². The number of anilines is 1. The van der Waals surface area contributed by atoms with Crippen LogP contribution in [0.3, 0.4) is 0 Å². The first-order valence-electron chi connectivity index (χ1n) is 16.0. The number of benzene rings is 1. The lowest BCUT2D eigenvalue weighted by Crippen LogP contribution is -2.53. The van der Waals surface area contributed by atoms with Crippen LogP contribution in [0.4, 0.5) is 19.7 Å². The van der Waals surface area contributed by atoms with E-state index in [0.717, 1.165) is 0 Å². The number of para-hydroxylation sites is 1. The standard InChI is InChI=1S/C34H44FN5O9S/c1-34(2,3)49-33(44)39-16-20(17-39)19-48-25-15-36-13-12-21(25)14-37-28-22(10-11-26(45-4)46-5)18-40(32(42)43)31(41)27(28)30(50)38-24-9-7-8-23(35)29(24)47-6/h7-9,12-13,15,20,22,26,37H,10-11,14,16-19H2,1-6H3,(H,38,50)(H,42,43). The maximum Gasteiger partial charge on any atom is 0.414 e. The minimum absolute atomic E-state index is 0.0930. The second kappa shape index (κ2) is 16.9. The van der Waals surface area contributed by atoms with Crippen molar-refractivity contribution in [1.29, 1.82) is 0 Å². The summed E-state index contributed by atoms with van der Waals surface area (Å²) in [5, 5.41) is 16.2. The highest BCUT2D eigenvalue weighted by Gasteiger charge is 2.39. The molecule has 2 aromatic rings. The fraction of sp³-hybridized carbons (Fsp3) is 0.500. The minimum atomic E-state index is -1.44. The molecule has 2 aliphatic rings. The quantitative estimate of drug-likeness (QED) is 0.181. The van der Waals surface area contributed by atoms with Crippen LogP contribution >= 0.6 is 12.2 Å². The molecule has 3 heterocycles. The summed E-state index contributed by atoms with van der Waals surface area (Å²) >= 11 is 5.69. The number of methoxy groups -OCH3 is 3. The van der Waals surface area contributed by atoms with Crippen molar-refractivity contribution < 1.29 is 47.6 Å². The highest BCUT2D eigenvalue weighted by Crippen LogP contribution is 2.33. The lowest BCUT2D eigenvalue weighted by atomic mass is 9.90. The molecule has 1 aromatic carbocycles. The predicted octanol–water partition coefficient (Wildman–Crippen LogP) is 4.79. The molecule has 0 spiro atoms. The Morgan fingerprint density at radius 1 is 1.14 bits per heavy atom. The molecule has 3 N–H and O–H groups in total. The van der Waals surface area contributed by atoms with Crippen LogP contribution < -0.4 is 20.1 Å². The third-order valence-corrected chi connectivity index (χ3v) is 8.42. The van der Waals surface area contributed by atoms with Crippen molar-refractivity contribution in [3.05, 3.63) is 59.3 Å². The van der Waals surface area contributed by atoms with Gasteiger partial charge in [-0.05, 0) is 51.8 Å². The number of nitrogens with zero attached hydrogens (tertiary/aromatic N) is 3. The third kappa shape index (κ3) is 9.57. The Morgan fingerprint density at radius 3 is 2.50 bits per heavy atom. The number of halogens is 1. The van der Waals surface area contributed by atoms with Gasteiger partial charge >= 0.3 is 12.2 Å². The van der Waals surface area contributed by atoms with E-state index in [1.54, 1.807) is 23.4 Å². The van der Waals surface area contributed by atoms with Gasteiger partial charge in [0.15, 0.2) is 17.9 Å². The van der Waals surface area contributed by atoms with E-state index in [0.29, 0.717) is 54.4 Å². The Balaban J connectivity index is 1.59. The van der Waals surface area contributed by atoms with E-state index in [9.17, 15) is 23.9 Å². The lowest BCUT2D eigenvalue weighted by Gasteiger charge is -2.39. The fourth-order valence-corrected chi connectivity index (χ4v) is 5.91. The van der Waals surface area contributed by atoms with Gasteiger partial charge in [0.05, 0.1) is 31.2 Å². The highest BCUT2D eigenvalue weighted by molar-refractivity contribution is 7.81. The molecule has 272 valence electrons. The van der Waals surface area contributed by atoms with E-state index in [2.05, 4.69) is 15.6 Å². The summed E-state index contributed by atoms with van der Waals surface area (Å²) in [5.74, 6) is -1.57. The van der Waals surface area contributed by atoms with E-state index in [4.69, 9.17) is 35.9 Å². The normalized spacial score (nSPS) is 16.6. The van der Waals surface area contributed by atoms with Gasteiger partial charge in [0.1, 0.15) is 16.3 Å². The van der Waals surface area contributed by atoms with Gasteiger partial charge in [0.2, 0.25) is 0 Å². The number of aromatic nitrogens is 1. The molecule has 1 fully saturated rings. The summed E-state index contributed by atoms with van der Waals surface area (Å²) in [6.45, 7) is 6.78. The van der Waals surface area contributed by atoms with Crippen LogP contribution in [0.25, 0.3) is 0 Å². The maximum atomic E-state index is 14.5. The first-order chi connectivity index (χ1) is 23.8. The van der Waals surface area contributed by atoms with Gasteiger partial charge < -0.3 is 44.3 Å². The Morgan fingerprint density at radius 2 is 1.86 bits per heavy atom. The van der Waals surface area contributed by atoms with Crippen molar-refractivity contribution in [1.82, 2.24) is 20.1 Å². The number of imide groups is 1. The van der Waals surface area contributed by atoms with Crippen LogP contribution in [0, 0.1) is 17.7 Å². The van der Waals surface area contributed by atoms with Crippen LogP contribution in [0.15, 0.2) is 47.9 Å². The van der Waals surface area contributed by atoms with E-state index in [1.165, 1.54) is 39.5 Å². The molecule has 1 unspecified atom stereocenters. The molecule has 16 heteroatoms. The maximum absolute atomic E-state index is 14.5. The summed E-state index contributed by atoms with van der Waals surface area (Å²) in [6, 6.07) is 5.95. The number of hydrogen-bond donors (Lipinski definition) is 3. The van der Waals surface area contributed by atoms with Crippen LogP contribution in [0.2, 0.25) is 0 Å². The van der Waals surface area contributed by atoms with E-state index in [-0.39, 0.29) is 47.1 Å². The van der Waals surface area contributed by atoms with Gasteiger partial charge in [-0.25, -0.2) is 18.9 Å². The molecule has 0 saturated carbocycles. The molecule has 3 amide bonds. The Hall–Kier alpha value is -4.54. The second-order valence-electron chi connectivity index (χ2n) is 12.8. The largest absolute Gasteiger partial charge is 0.492 e. The van der Waals surface area contributed by atoms with Crippen molar-refractivity contribution in [3.8, 4) is 11.5 Å². The van der Waals surface area contributed by atoms with Crippen LogP contribution in [-0.2, 0) is 25.5 Å². The Kier molecular flexibility index (Phi) is 12.9. The van der Waals surface area contributed by atoms with Crippen LogP contribution in [0.5, 0.6) is 11.5 Å². The van der Waals surface area contributed by atoms with Crippen molar-refractivity contribution in [3.63, 3.8) is 0 Å². The number of ether oxygens (including phenoxy) is 5.